The van der Waals surface area contributed by atoms with Gasteiger partial charge in [0.15, 0.2) is 0 Å². The quantitative estimate of drug-likeness (QED) is 0.435. The van der Waals surface area contributed by atoms with E-state index in [1.807, 2.05) is 20.8 Å². The number of hydrogen-bond acceptors (Lipinski definition) is 2. The maximum Gasteiger partial charge on any atom is 0.407 e. The molecular weight excluding hydrogens is 274 g/mol. The zero-order valence-electron chi connectivity index (χ0n) is 15.7. The number of nitrogens with one attached hydrogen (secondary N) is 1. The summed E-state index contributed by atoms with van der Waals surface area (Å²) in [5, 5.41) is 3.03. The number of carbonyl (C=O) groups is 1. The van der Waals surface area contributed by atoms with Gasteiger partial charge in [-0.1, -0.05) is 71.6 Å². The second-order valence-corrected chi connectivity index (χ2v) is 7.40. The Bertz CT molecular complexity index is 271. The number of rotatable bonds is 12. The Morgan fingerprint density at radius 2 is 1.41 bits per heavy atom. The Balaban J connectivity index is 3.78. The average Bonchev–Trinajstić information content (AvgIpc) is 2.39. The minimum Gasteiger partial charge on any atom is -0.444 e. The molecule has 3 heteroatoms. The summed E-state index contributed by atoms with van der Waals surface area (Å²) < 4.78 is 5.35. The highest BCUT2D eigenvalue weighted by Gasteiger charge is 2.18. The van der Waals surface area contributed by atoms with E-state index >= 15 is 0 Å². The monoisotopic (exact) mass is 313 g/mol. The lowest BCUT2D eigenvalue weighted by molar-refractivity contribution is 0.0498. The highest BCUT2D eigenvalue weighted by molar-refractivity contribution is 5.68. The van der Waals surface area contributed by atoms with E-state index in [1.165, 1.54) is 51.4 Å². The number of ether oxygens (including phenoxy) is 1. The van der Waals surface area contributed by atoms with Crippen LogP contribution in [0.15, 0.2) is 0 Å². The molecule has 0 aromatic heterocycles. The third-order valence-corrected chi connectivity index (χ3v) is 3.76. The molecule has 0 fully saturated rings. The largest absolute Gasteiger partial charge is 0.444 e. The van der Waals surface area contributed by atoms with Crippen molar-refractivity contribution in [3.8, 4) is 0 Å². The predicted molar refractivity (Wildman–Crippen MR) is 95.3 cm³/mol. The van der Waals surface area contributed by atoms with Crippen LogP contribution in [-0.2, 0) is 4.74 Å². The van der Waals surface area contributed by atoms with Crippen LogP contribution in [0.4, 0.5) is 4.79 Å². The van der Waals surface area contributed by atoms with Gasteiger partial charge in [-0.05, 0) is 33.6 Å². The van der Waals surface area contributed by atoms with Crippen LogP contribution in [0, 0.1) is 0 Å². The molecule has 1 unspecified atom stereocenters. The lowest BCUT2D eigenvalue weighted by Crippen LogP contribution is -2.39. The van der Waals surface area contributed by atoms with Crippen LogP contribution in [0.3, 0.4) is 0 Å². The lowest BCUT2D eigenvalue weighted by Gasteiger charge is -2.23. The SMILES string of the molecule is CCCCCCCCCCC(CCC)NC(=O)OC(C)(C)C. The van der Waals surface area contributed by atoms with Crippen molar-refractivity contribution in [1.29, 1.82) is 0 Å². The van der Waals surface area contributed by atoms with Gasteiger partial charge in [-0.3, -0.25) is 0 Å². The molecule has 0 radical (unpaired) electrons. The Labute approximate surface area is 138 Å². The topological polar surface area (TPSA) is 38.3 Å². The summed E-state index contributed by atoms with van der Waals surface area (Å²) in [6.45, 7) is 10.1. The van der Waals surface area contributed by atoms with E-state index in [-0.39, 0.29) is 12.1 Å². The normalized spacial score (nSPS) is 13.0. The summed E-state index contributed by atoms with van der Waals surface area (Å²) in [5.41, 5.74) is -0.417. The standard InChI is InChI=1S/C19H39NO2/c1-6-8-9-10-11-12-13-14-16-17(15-7-2)20-18(21)22-19(3,4)5/h17H,6-16H2,1-5H3,(H,20,21). The molecule has 0 aliphatic carbocycles. The number of unbranched alkanes of at least 4 members (excludes halogenated alkanes) is 7. The molecule has 0 aromatic carbocycles. The lowest BCUT2D eigenvalue weighted by atomic mass is 10.0. The molecule has 0 heterocycles. The molecule has 1 N–H and O–H groups in total. The predicted octanol–water partition coefficient (Wildman–Crippen LogP) is 6.21. The van der Waals surface area contributed by atoms with Gasteiger partial charge in [0.05, 0.1) is 0 Å². The summed E-state index contributed by atoms with van der Waals surface area (Å²) in [7, 11) is 0. The molecule has 22 heavy (non-hydrogen) atoms. The van der Waals surface area contributed by atoms with Crippen LogP contribution in [0.5, 0.6) is 0 Å². The molecule has 0 spiro atoms. The van der Waals surface area contributed by atoms with Crippen LogP contribution >= 0.6 is 0 Å². The summed E-state index contributed by atoms with van der Waals surface area (Å²) in [4.78, 5) is 11.8. The minimum atomic E-state index is -0.417. The molecule has 0 rings (SSSR count). The molecule has 3 nitrogen and oxygen atoms in total. The molecule has 0 saturated carbocycles. The van der Waals surface area contributed by atoms with Gasteiger partial charge >= 0.3 is 6.09 Å². The number of alkyl carbamates (subject to hydrolysis) is 1. The minimum absolute atomic E-state index is 0.264. The van der Waals surface area contributed by atoms with Gasteiger partial charge in [0, 0.05) is 6.04 Å². The van der Waals surface area contributed by atoms with Crippen molar-refractivity contribution in [3.63, 3.8) is 0 Å². The number of hydrogen-bond donors (Lipinski definition) is 1. The van der Waals surface area contributed by atoms with Gasteiger partial charge in [0.25, 0.3) is 0 Å². The Hall–Kier alpha value is -0.730. The Morgan fingerprint density at radius 3 is 1.91 bits per heavy atom. The van der Waals surface area contributed by atoms with Crippen LogP contribution in [-0.4, -0.2) is 17.7 Å². The zero-order valence-corrected chi connectivity index (χ0v) is 15.7. The van der Waals surface area contributed by atoms with Gasteiger partial charge in [-0.25, -0.2) is 4.79 Å². The van der Waals surface area contributed by atoms with E-state index in [0.717, 1.165) is 19.3 Å². The first-order valence-electron chi connectivity index (χ1n) is 9.38. The van der Waals surface area contributed by atoms with Gasteiger partial charge < -0.3 is 10.1 Å². The van der Waals surface area contributed by atoms with Crippen LogP contribution in [0.2, 0.25) is 0 Å². The van der Waals surface area contributed by atoms with Crippen LogP contribution in [0.25, 0.3) is 0 Å². The summed E-state index contributed by atoms with van der Waals surface area (Å²) in [6, 6.07) is 0.264. The van der Waals surface area contributed by atoms with Crippen molar-refractivity contribution in [1.82, 2.24) is 5.32 Å². The van der Waals surface area contributed by atoms with Crippen molar-refractivity contribution in [3.05, 3.63) is 0 Å². The van der Waals surface area contributed by atoms with Gasteiger partial charge in [-0.15, -0.1) is 0 Å². The fourth-order valence-corrected chi connectivity index (χ4v) is 2.64. The third-order valence-electron chi connectivity index (χ3n) is 3.76. The van der Waals surface area contributed by atoms with E-state index in [0.29, 0.717) is 0 Å². The Morgan fingerprint density at radius 1 is 0.864 bits per heavy atom. The van der Waals surface area contributed by atoms with E-state index in [2.05, 4.69) is 19.2 Å². The average molecular weight is 314 g/mol. The van der Waals surface area contributed by atoms with Gasteiger partial charge in [-0.2, -0.15) is 0 Å². The molecule has 0 aliphatic heterocycles. The molecule has 132 valence electrons. The molecule has 0 aromatic rings. The fraction of sp³-hybridized carbons (Fsp3) is 0.947. The molecular formula is C19H39NO2. The van der Waals surface area contributed by atoms with E-state index in [1.54, 1.807) is 0 Å². The highest BCUT2D eigenvalue weighted by atomic mass is 16.6. The van der Waals surface area contributed by atoms with Crippen LogP contribution < -0.4 is 5.32 Å². The second kappa shape index (κ2) is 12.8. The zero-order chi connectivity index (χ0) is 16.8. The van der Waals surface area contributed by atoms with E-state index in [4.69, 9.17) is 4.74 Å². The molecule has 0 saturated heterocycles. The summed E-state index contributed by atoms with van der Waals surface area (Å²) >= 11 is 0. The van der Waals surface area contributed by atoms with Crippen molar-refractivity contribution in [2.24, 2.45) is 0 Å². The summed E-state index contributed by atoms with van der Waals surface area (Å²) in [6.07, 6.45) is 13.6. The molecule has 1 atom stereocenters. The van der Waals surface area contributed by atoms with Gasteiger partial charge in [0.1, 0.15) is 5.60 Å². The van der Waals surface area contributed by atoms with Gasteiger partial charge in [0.2, 0.25) is 0 Å². The Kier molecular flexibility index (Phi) is 12.4. The highest BCUT2D eigenvalue weighted by Crippen LogP contribution is 2.13. The molecule has 1 amide bonds. The number of amides is 1. The first-order chi connectivity index (χ1) is 10.4. The smallest absolute Gasteiger partial charge is 0.407 e. The number of carbonyl (C=O) groups excluding carboxylic acids is 1. The van der Waals surface area contributed by atoms with Crippen molar-refractivity contribution in [2.75, 3.05) is 0 Å². The van der Waals surface area contributed by atoms with Crippen molar-refractivity contribution < 1.29 is 9.53 Å². The van der Waals surface area contributed by atoms with E-state index in [9.17, 15) is 4.79 Å². The van der Waals surface area contributed by atoms with Crippen LogP contribution in [0.1, 0.15) is 105 Å². The van der Waals surface area contributed by atoms with Crippen molar-refractivity contribution >= 4 is 6.09 Å². The molecule has 0 aliphatic rings. The third kappa shape index (κ3) is 14.2. The fourth-order valence-electron chi connectivity index (χ4n) is 2.64. The summed E-state index contributed by atoms with van der Waals surface area (Å²) in [5.74, 6) is 0. The van der Waals surface area contributed by atoms with E-state index < -0.39 is 5.60 Å². The van der Waals surface area contributed by atoms with Crippen molar-refractivity contribution in [2.45, 2.75) is 117 Å². The molecule has 0 bridgehead atoms. The maximum absolute atomic E-state index is 11.8. The first kappa shape index (κ1) is 21.3. The second-order valence-electron chi connectivity index (χ2n) is 7.40. The maximum atomic E-state index is 11.8. The first-order valence-corrected chi connectivity index (χ1v) is 9.38.